The van der Waals surface area contributed by atoms with Gasteiger partial charge in [-0.15, -0.1) is 0 Å². The second-order valence-corrected chi connectivity index (χ2v) is 11.9. The standard InChI is InChI=1S/C33H46N6O3/c1-5-7-8-13-33(40,6-2)28-19-25(18-23(3)30(28)24-11-16-41-17-12-24)29-21-35-31(34)32(37-29)42-27-20-36-39(22-27)26-9-14-38(4)15-10-26/h11,18-22,26,40H,5-10,12-17H2,1-4H3,(H2,34,35). The Labute approximate surface area is 249 Å². The van der Waals surface area contributed by atoms with E-state index in [0.717, 1.165) is 73.9 Å². The molecular weight excluding hydrogens is 528 g/mol. The average Bonchev–Trinajstić information content (AvgIpc) is 3.47. The van der Waals surface area contributed by atoms with Crippen LogP contribution in [-0.4, -0.2) is 63.1 Å². The zero-order valence-electron chi connectivity index (χ0n) is 25.6. The second kappa shape index (κ2) is 13.4. The third kappa shape index (κ3) is 6.69. The molecule has 9 nitrogen and oxygen atoms in total. The number of aryl methyl sites for hydroxylation is 1. The van der Waals surface area contributed by atoms with Crippen molar-refractivity contribution in [3.63, 3.8) is 0 Å². The normalized spacial score (nSPS) is 18.1. The van der Waals surface area contributed by atoms with E-state index in [1.807, 2.05) is 10.9 Å². The van der Waals surface area contributed by atoms with Gasteiger partial charge in [0.1, 0.15) is 0 Å². The van der Waals surface area contributed by atoms with Gasteiger partial charge in [-0.2, -0.15) is 5.10 Å². The highest BCUT2D eigenvalue weighted by molar-refractivity contribution is 5.76. The monoisotopic (exact) mass is 574 g/mol. The van der Waals surface area contributed by atoms with Crippen LogP contribution in [0.4, 0.5) is 5.82 Å². The Kier molecular flexibility index (Phi) is 9.60. The summed E-state index contributed by atoms with van der Waals surface area (Å²) in [6, 6.07) is 4.57. The summed E-state index contributed by atoms with van der Waals surface area (Å²) in [7, 11) is 2.15. The fourth-order valence-electron chi connectivity index (χ4n) is 6.19. The Bertz CT molecular complexity index is 1390. The molecule has 5 rings (SSSR count). The fourth-order valence-corrected chi connectivity index (χ4v) is 6.19. The predicted octanol–water partition coefficient (Wildman–Crippen LogP) is 6.27. The first-order chi connectivity index (χ1) is 20.3. The van der Waals surface area contributed by atoms with Crippen molar-refractivity contribution in [2.45, 2.75) is 83.8 Å². The van der Waals surface area contributed by atoms with Gasteiger partial charge in [0.05, 0.1) is 49.1 Å². The van der Waals surface area contributed by atoms with Crippen molar-refractivity contribution < 1.29 is 14.6 Å². The van der Waals surface area contributed by atoms with Gasteiger partial charge >= 0.3 is 0 Å². The number of piperidine rings is 1. The van der Waals surface area contributed by atoms with Gasteiger partial charge in [0.25, 0.3) is 5.88 Å². The molecular formula is C33H46N6O3. The maximum atomic E-state index is 12.1. The minimum atomic E-state index is -0.951. The molecule has 0 amide bonds. The summed E-state index contributed by atoms with van der Waals surface area (Å²) in [6.45, 7) is 9.75. The third-order valence-corrected chi connectivity index (χ3v) is 8.82. The van der Waals surface area contributed by atoms with Crippen molar-refractivity contribution in [3.05, 3.63) is 53.5 Å². The number of hydrogen-bond donors (Lipinski definition) is 2. The number of aliphatic hydroxyl groups is 1. The number of likely N-dealkylation sites (tertiary alicyclic amines) is 1. The van der Waals surface area contributed by atoms with E-state index in [-0.39, 0.29) is 11.7 Å². The van der Waals surface area contributed by atoms with Crippen LogP contribution in [0.25, 0.3) is 16.8 Å². The van der Waals surface area contributed by atoms with Gasteiger partial charge in [0, 0.05) is 5.56 Å². The number of nitrogens with zero attached hydrogens (tertiary/aromatic N) is 5. The fraction of sp³-hybridized carbons (Fsp3) is 0.545. The van der Waals surface area contributed by atoms with Crippen molar-refractivity contribution in [2.75, 3.05) is 39.1 Å². The van der Waals surface area contributed by atoms with Crippen molar-refractivity contribution in [3.8, 4) is 22.9 Å². The molecule has 42 heavy (non-hydrogen) atoms. The highest BCUT2D eigenvalue weighted by Crippen LogP contribution is 2.41. The van der Waals surface area contributed by atoms with Crippen molar-refractivity contribution >= 4 is 11.4 Å². The number of unbranched alkanes of at least 4 members (excludes halogenated alkanes) is 2. The molecule has 2 aliphatic heterocycles. The Morgan fingerprint density at radius 2 is 1.98 bits per heavy atom. The van der Waals surface area contributed by atoms with E-state index < -0.39 is 5.60 Å². The van der Waals surface area contributed by atoms with Crippen LogP contribution < -0.4 is 10.5 Å². The number of nitrogen functional groups attached to an aromatic ring is 1. The Morgan fingerprint density at radius 3 is 2.69 bits per heavy atom. The van der Waals surface area contributed by atoms with Gasteiger partial charge in [-0.25, -0.2) is 9.97 Å². The molecule has 0 spiro atoms. The van der Waals surface area contributed by atoms with Crippen LogP contribution in [0.5, 0.6) is 11.6 Å². The molecule has 1 saturated heterocycles. The lowest BCUT2D eigenvalue weighted by Gasteiger charge is -2.32. The highest BCUT2D eigenvalue weighted by Gasteiger charge is 2.32. The van der Waals surface area contributed by atoms with E-state index in [1.54, 1.807) is 12.4 Å². The summed E-state index contributed by atoms with van der Waals surface area (Å²) >= 11 is 0. The molecule has 4 heterocycles. The molecule has 3 aromatic rings. The largest absolute Gasteiger partial charge is 0.433 e. The molecule has 226 valence electrons. The smallest absolute Gasteiger partial charge is 0.263 e. The maximum absolute atomic E-state index is 12.1. The molecule has 0 bridgehead atoms. The van der Waals surface area contributed by atoms with E-state index >= 15 is 0 Å². The molecule has 9 heteroatoms. The summed E-state index contributed by atoms with van der Waals surface area (Å²) in [5, 5.41) is 16.6. The van der Waals surface area contributed by atoms with Crippen LogP contribution in [0.1, 0.15) is 87.9 Å². The van der Waals surface area contributed by atoms with E-state index in [0.29, 0.717) is 43.5 Å². The molecule has 3 N–H and O–H groups in total. The highest BCUT2D eigenvalue weighted by atomic mass is 16.5. The van der Waals surface area contributed by atoms with Crippen LogP contribution in [0.3, 0.4) is 0 Å². The number of nitrogens with two attached hydrogens (primary N) is 1. The summed E-state index contributed by atoms with van der Waals surface area (Å²) < 4.78 is 13.7. The molecule has 2 aromatic heterocycles. The Morgan fingerprint density at radius 1 is 1.17 bits per heavy atom. The third-order valence-electron chi connectivity index (χ3n) is 8.82. The minimum Gasteiger partial charge on any atom is -0.433 e. The first kappa shape index (κ1) is 30.2. The SMILES string of the molecule is CCCCCC(O)(CC)c1cc(-c2cnc(N)c(Oc3cnn(C4CCN(C)CC4)c3)n2)cc(C)c1C1=CCOCC1. The van der Waals surface area contributed by atoms with Crippen LogP contribution in [0.15, 0.2) is 36.8 Å². The molecule has 0 radical (unpaired) electrons. The topological polar surface area (TPSA) is 112 Å². The lowest BCUT2D eigenvalue weighted by molar-refractivity contribution is 0.0204. The average molecular weight is 575 g/mol. The molecule has 1 unspecified atom stereocenters. The quantitative estimate of drug-likeness (QED) is 0.258. The predicted molar refractivity (Wildman–Crippen MR) is 166 cm³/mol. The van der Waals surface area contributed by atoms with Gasteiger partial charge in [-0.1, -0.05) is 39.2 Å². The lowest BCUT2D eigenvalue weighted by Crippen LogP contribution is -2.31. The molecule has 1 atom stereocenters. The number of ether oxygens (including phenoxy) is 2. The first-order valence-corrected chi connectivity index (χ1v) is 15.5. The Balaban J connectivity index is 1.48. The van der Waals surface area contributed by atoms with Crippen molar-refractivity contribution in [1.82, 2.24) is 24.6 Å². The van der Waals surface area contributed by atoms with Gasteiger partial charge in [-0.3, -0.25) is 4.68 Å². The molecule has 1 fully saturated rings. The number of anilines is 1. The first-order valence-electron chi connectivity index (χ1n) is 15.5. The number of hydrogen-bond acceptors (Lipinski definition) is 8. The molecule has 0 saturated carbocycles. The Hall–Kier alpha value is -3.27. The van der Waals surface area contributed by atoms with Gasteiger partial charge < -0.3 is 25.2 Å². The lowest BCUT2D eigenvalue weighted by atomic mass is 9.78. The minimum absolute atomic E-state index is 0.219. The van der Waals surface area contributed by atoms with Crippen molar-refractivity contribution in [1.29, 1.82) is 0 Å². The number of aromatic nitrogens is 4. The summed E-state index contributed by atoms with van der Waals surface area (Å²) in [5.41, 5.74) is 11.2. The molecule has 1 aromatic carbocycles. The summed E-state index contributed by atoms with van der Waals surface area (Å²) in [5.74, 6) is 1.05. The van der Waals surface area contributed by atoms with Gasteiger partial charge in [-0.05, 0) is 93.6 Å². The van der Waals surface area contributed by atoms with Gasteiger partial charge in [0.15, 0.2) is 11.6 Å². The second-order valence-electron chi connectivity index (χ2n) is 11.9. The van der Waals surface area contributed by atoms with Crippen molar-refractivity contribution in [2.24, 2.45) is 0 Å². The van der Waals surface area contributed by atoms with Gasteiger partial charge in [0.2, 0.25) is 0 Å². The maximum Gasteiger partial charge on any atom is 0.263 e. The summed E-state index contributed by atoms with van der Waals surface area (Å²) in [6.07, 6.45) is 14.9. The number of benzene rings is 1. The zero-order valence-corrected chi connectivity index (χ0v) is 25.6. The van der Waals surface area contributed by atoms with Crippen LogP contribution >= 0.6 is 0 Å². The van der Waals surface area contributed by atoms with Crippen LogP contribution in [-0.2, 0) is 10.3 Å². The van der Waals surface area contributed by atoms with Crippen LogP contribution in [0, 0.1) is 6.92 Å². The van der Waals surface area contributed by atoms with E-state index in [4.69, 9.17) is 20.2 Å². The zero-order chi connectivity index (χ0) is 29.7. The molecule has 0 aliphatic carbocycles. The van der Waals surface area contributed by atoms with E-state index in [1.165, 1.54) is 5.57 Å². The van der Waals surface area contributed by atoms with Crippen LogP contribution in [0.2, 0.25) is 0 Å². The molecule has 2 aliphatic rings. The number of rotatable bonds is 11. The van der Waals surface area contributed by atoms with E-state index in [2.05, 4.69) is 61.0 Å². The van der Waals surface area contributed by atoms with E-state index in [9.17, 15) is 5.11 Å². The summed E-state index contributed by atoms with van der Waals surface area (Å²) in [4.78, 5) is 11.6.